The Labute approximate surface area is 126 Å². The summed E-state index contributed by atoms with van der Waals surface area (Å²) < 4.78 is 0. The predicted molar refractivity (Wildman–Crippen MR) is 80.2 cm³/mol. The lowest BCUT2D eigenvalue weighted by Gasteiger charge is -2.32. The molecular formula is C14H17BrClNO2. The van der Waals surface area contributed by atoms with Gasteiger partial charge in [0.25, 0.3) is 5.91 Å². The number of carbonyl (C=O) groups is 1. The van der Waals surface area contributed by atoms with Crippen molar-refractivity contribution < 1.29 is 9.90 Å². The highest BCUT2D eigenvalue weighted by molar-refractivity contribution is 9.09. The number of alkyl halides is 1. The molecule has 1 aromatic rings. The van der Waals surface area contributed by atoms with Crippen molar-refractivity contribution in [1.82, 2.24) is 4.90 Å². The van der Waals surface area contributed by atoms with Gasteiger partial charge in [-0.3, -0.25) is 4.79 Å². The highest BCUT2D eigenvalue weighted by Gasteiger charge is 2.25. The summed E-state index contributed by atoms with van der Waals surface area (Å²) in [5.41, 5.74) is 0.390. The quantitative estimate of drug-likeness (QED) is 0.848. The van der Waals surface area contributed by atoms with Crippen molar-refractivity contribution in [3.05, 3.63) is 28.8 Å². The minimum Gasteiger partial charge on any atom is -0.508 e. The number of halogens is 2. The second-order valence-electron chi connectivity index (χ2n) is 4.90. The normalized spacial score (nSPS) is 19.5. The standard InChI is InChI=1S/C14H17BrClNO2/c15-6-5-10-2-1-7-17(9-10)14(19)12-8-11(18)3-4-13(12)16/h3-4,8,10,18H,1-2,5-7,9H2. The Morgan fingerprint density at radius 3 is 3.05 bits per heavy atom. The van der Waals surface area contributed by atoms with Crippen LogP contribution >= 0.6 is 27.5 Å². The molecule has 5 heteroatoms. The van der Waals surface area contributed by atoms with Gasteiger partial charge in [-0.05, 0) is 43.4 Å². The molecule has 19 heavy (non-hydrogen) atoms. The van der Waals surface area contributed by atoms with Gasteiger partial charge in [-0.2, -0.15) is 0 Å². The van der Waals surface area contributed by atoms with E-state index < -0.39 is 0 Å². The molecule has 1 aliphatic rings. The summed E-state index contributed by atoms with van der Waals surface area (Å²) in [7, 11) is 0. The molecule has 3 nitrogen and oxygen atoms in total. The summed E-state index contributed by atoms with van der Waals surface area (Å²) >= 11 is 9.49. The number of amides is 1. The summed E-state index contributed by atoms with van der Waals surface area (Å²) in [4.78, 5) is 14.3. The monoisotopic (exact) mass is 345 g/mol. The molecule has 1 saturated heterocycles. The SMILES string of the molecule is O=C(c1cc(O)ccc1Cl)N1CCCC(CCBr)C1. The molecule has 1 atom stereocenters. The van der Waals surface area contributed by atoms with E-state index in [0.29, 0.717) is 16.5 Å². The van der Waals surface area contributed by atoms with Gasteiger partial charge in [0.2, 0.25) is 0 Å². The van der Waals surface area contributed by atoms with E-state index in [2.05, 4.69) is 15.9 Å². The minimum absolute atomic E-state index is 0.0711. The maximum atomic E-state index is 12.4. The highest BCUT2D eigenvalue weighted by Crippen LogP contribution is 2.26. The van der Waals surface area contributed by atoms with Crippen LogP contribution in [-0.2, 0) is 0 Å². The number of likely N-dealkylation sites (tertiary alicyclic amines) is 1. The molecule has 1 N–H and O–H groups in total. The summed E-state index contributed by atoms with van der Waals surface area (Å²) in [6, 6.07) is 4.49. The van der Waals surface area contributed by atoms with Crippen molar-refractivity contribution in [2.45, 2.75) is 19.3 Å². The molecule has 0 aromatic heterocycles. The molecule has 104 valence electrons. The third kappa shape index (κ3) is 3.63. The Morgan fingerprint density at radius 1 is 1.53 bits per heavy atom. The van der Waals surface area contributed by atoms with Gasteiger partial charge in [-0.15, -0.1) is 0 Å². The van der Waals surface area contributed by atoms with E-state index >= 15 is 0 Å². The summed E-state index contributed by atoms with van der Waals surface area (Å²) in [5.74, 6) is 0.537. The Hall–Kier alpha value is -0.740. The number of rotatable bonds is 3. The second kappa shape index (κ2) is 6.62. The molecule has 2 rings (SSSR count). The molecular weight excluding hydrogens is 330 g/mol. The van der Waals surface area contributed by atoms with Crippen LogP contribution in [0.15, 0.2) is 18.2 Å². The number of phenols is 1. The lowest BCUT2D eigenvalue weighted by Crippen LogP contribution is -2.40. The van der Waals surface area contributed by atoms with Crippen LogP contribution in [0.25, 0.3) is 0 Å². The van der Waals surface area contributed by atoms with Gasteiger partial charge >= 0.3 is 0 Å². The van der Waals surface area contributed by atoms with Crippen LogP contribution in [0.2, 0.25) is 5.02 Å². The number of carbonyl (C=O) groups excluding carboxylic acids is 1. The number of hydrogen-bond acceptors (Lipinski definition) is 2. The maximum absolute atomic E-state index is 12.4. The van der Waals surface area contributed by atoms with Crippen LogP contribution in [0.3, 0.4) is 0 Å². The summed E-state index contributed by atoms with van der Waals surface area (Å²) in [5, 5.41) is 10.8. The summed E-state index contributed by atoms with van der Waals surface area (Å²) in [6.45, 7) is 1.54. The van der Waals surface area contributed by atoms with E-state index in [9.17, 15) is 9.90 Å². The van der Waals surface area contributed by atoms with Crippen LogP contribution in [0, 0.1) is 5.92 Å². The van der Waals surface area contributed by atoms with Crippen LogP contribution < -0.4 is 0 Å². The number of aromatic hydroxyl groups is 1. The third-order valence-corrected chi connectivity index (χ3v) is 4.29. The fourth-order valence-electron chi connectivity index (χ4n) is 2.49. The first-order chi connectivity index (χ1) is 9.11. The Bertz CT molecular complexity index is 465. The van der Waals surface area contributed by atoms with Crippen molar-refractivity contribution in [2.75, 3.05) is 18.4 Å². The van der Waals surface area contributed by atoms with Gasteiger partial charge in [0.15, 0.2) is 0 Å². The van der Waals surface area contributed by atoms with Gasteiger partial charge in [-0.25, -0.2) is 0 Å². The van der Waals surface area contributed by atoms with Crippen molar-refractivity contribution in [1.29, 1.82) is 0 Å². The van der Waals surface area contributed by atoms with E-state index in [1.807, 2.05) is 4.90 Å². The Morgan fingerprint density at radius 2 is 2.32 bits per heavy atom. The molecule has 0 bridgehead atoms. The zero-order chi connectivity index (χ0) is 13.8. The number of benzene rings is 1. The van der Waals surface area contributed by atoms with Crippen LogP contribution in [0.5, 0.6) is 5.75 Å². The molecule has 1 heterocycles. The molecule has 0 spiro atoms. The van der Waals surface area contributed by atoms with Gasteiger partial charge in [-0.1, -0.05) is 27.5 Å². The molecule has 0 radical (unpaired) electrons. The zero-order valence-corrected chi connectivity index (χ0v) is 13.0. The predicted octanol–water partition coefficient (Wildman–Crippen LogP) is 3.68. The van der Waals surface area contributed by atoms with Crippen LogP contribution in [0.4, 0.5) is 0 Å². The Kier molecular flexibility index (Phi) is 5.11. The third-order valence-electron chi connectivity index (χ3n) is 3.50. The zero-order valence-electron chi connectivity index (χ0n) is 10.6. The smallest absolute Gasteiger partial charge is 0.255 e. The number of nitrogens with zero attached hydrogens (tertiary/aromatic N) is 1. The van der Waals surface area contributed by atoms with Gasteiger partial charge in [0.1, 0.15) is 5.75 Å². The summed E-state index contributed by atoms with van der Waals surface area (Å²) in [6.07, 6.45) is 3.28. The van der Waals surface area contributed by atoms with E-state index in [4.69, 9.17) is 11.6 Å². The average Bonchev–Trinajstić information content (AvgIpc) is 2.41. The largest absolute Gasteiger partial charge is 0.508 e. The van der Waals surface area contributed by atoms with E-state index in [0.717, 1.165) is 31.3 Å². The number of phenolic OH excluding ortho intramolecular Hbond substituents is 1. The molecule has 1 fully saturated rings. The maximum Gasteiger partial charge on any atom is 0.255 e. The molecule has 1 unspecified atom stereocenters. The Balaban J connectivity index is 2.12. The lowest BCUT2D eigenvalue weighted by molar-refractivity contribution is 0.0672. The van der Waals surface area contributed by atoms with Crippen molar-refractivity contribution in [3.8, 4) is 5.75 Å². The average molecular weight is 347 g/mol. The van der Waals surface area contributed by atoms with Gasteiger partial charge in [0, 0.05) is 18.4 Å². The topological polar surface area (TPSA) is 40.5 Å². The van der Waals surface area contributed by atoms with Crippen molar-refractivity contribution in [3.63, 3.8) is 0 Å². The first kappa shape index (κ1) is 14.7. The molecule has 0 aliphatic carbocycles. The number of hydrogen-bond donors (Lipinski definition) is 1. The molecule has 1 amide bonds. The van der Waals surface area contributed by atoms with E-state index in [1.165, 1.54) is 18.6 Å². The van der Waals surface area contributed by atoms with Crippen LogP contribution in [0.1, 0.15) is 29.6 Å². The fraction of sp³-hybridized carbons (Fsp3) is 0.500. The first-order valence-electron chi connectivity index (χ1n) is 6.45. The molecule has 1 aliphatic heterocycles. The minimum atomic E-state index is -0.0832. The fourth-order valence-corrected chi connectivity index (χ4v) is 3.33. The van der Waals surface area contributed by atoms with Gasteiger partial charge in [0.05, 0.1) is 10.6 Å². The molecule has 0 saturated carbocycles. The highest BCUT2D eigenvalue weighted by atomic mass is 79.9. The van der Waals surface area contributed by atoms with Crippen molar-refractivity contribution >= 4 is 33.4 Å². The number of piperidine rings is 1. The van der Waals surface area contributed by atoms with Crippen LogP contribution in [-0.4, -0.2) is 34.3 Å². The second-order valence-corrected chi connectivity index (χ2v) is 6.10. The van der Waals surface area contributed by atoms with Crippen molar-refractivity contribution in [2.24, 2.45) is 5.92 Å². The van der Waals surface area contributed by atoms with Gasteiger partial charge < -0.3 is 10.0 Å². The first-order valence-corrected chi connectivity index (χ1v) is 7.95. The van der Waals surface area contributed by atoms with E-state index in [1.54, 1.807) is 6.07 Å². The van der Waals surface area contributed by atoms with E-state index in [-0.39, 0.29) is 11.7 Å². The molecule has 1 aromatic carbocycles. The lowest BCUT2D eigenvalue weighted by atomic mass is 9.95.